The Morgan fingerprint density at radius 3 is 1.75 bits per heavy atom. The monoisotopic (exact) mass is 306 g/mol. The second-order valence-corrected chi connectivity index (χ2v) is 6.60. The summed E-state index contributed by atoms with van der Waals surface area (Å²) in [5.74, 6) is 0. The summed E-state index contributed by atoms with van der Waals surface area (Å²) < 4.78 is 0. The molecule has 2 amide bonds. The van der Waals surface area contributed by atoms with Crippen molar-refractivity contribution < 1.29 is 4.79 Å². The Morgan fingerprint density at radius 2 is 1.40 bits per heavy atom. The Kier molecular flexibility index (Phi) is 5.03. The maximum Gasteiger partial charge on any atom is 0.355 e. The van der Waals surface area contributed by atoms with Gasteiger partial charge >= 0.3 is 6.03 Å². The van der Waals surface area contributed by atoms with Gasteiger partial charge in [0.2, 0.25) is 0 Å². The van der Waals surface area contributed by atoms with Gasteiger partial charge in [-0.2, -0.15) is 10.2 Å². The lowest BCUT2D eigenvalue weighted by molar-refractivity contribution is 0.242. The first kappa shape index (κ1) is 14.4. The van der Waals surface area contributed by atoms with Gasteiger partial charge in [-0.25, -0.2) is 15.6 Å². The average molecular weight is 306 g/mol. The van der Waals surface area contributed by atoms with Crippen LogP contribution in [-0.4, -0.2) is 18.5 Å². The molecule has 104 valence electrons. The zero-order chi connectivity index (χ0) is 14.4. The van der Waals surface area contributed by atoms with Crippen LogP contribution in [0.3, 0.4) is 0 Å². The number of urea groups is 1. The van der Waals surface area contributed by atoms with E-state index >= 15 is 0 Å². The van der Waals surface area contributed by atoms with Crippen molar-refractivity contribution in [1.82, 2.24) is 10.9 Å². The third kappa shape index (κ3) is 4.60. The summed E-state index contributed by atoms with van der Waals surface area (Å²) in [6.45, 7) is 4.03. The predicted molar refractivity (Wildman–Crippen MR) is 85.0 cm³/mol. The normalized spacial score (nSPS) is 11.3. The second kappa shape index (κ2) is 6.97. The summed E-state index contributed by atoms with van der Waals surface area (Å²) in [6.07, 6.45) is 3.20. The number of aryl methyl sites for hydroxylation is 2. The van der Waals surface area contributed by atoms with Gasteiger partial charge in [-0.15, -0.1) is 22.7 Å². The average Bonchev–Trinajstić information content (AvgIpc) is 2.99. The lowest BCUT2D eigenvalue weighted by atomic mass is 10.4. The fourth-order valence-corrected chi connectivity index (χ4v) is 2.88. The molecule has 0 aromatic carbocycles. The lowest BCUT2D eigenvalue weighted by Crippen LogP contribution is -2.28. The quantitative estimate of drug-likeness (QED) is 0.661. The van der Waals surface area contributed by atoms with Gasteiger partial charge in [0.25, 0.3) is 0 Å². The van der Waals surface area contributed by atoms with E-state index < -0.39 is 6.03 Å². The fourth-order valence-electron chi connectivity index (χ4n) is 1.38. The molecule has 2 rings (SSSR count). The molecular formula is C13H14N4OS2. The maximum atomic E-state index is 11.4. The van der Waals surface area contributed by atoms with Crippen LogP contribution < -0.4 is 10.9 Å². The molecular weight excluding hydrogens is 292 g/mol. The van der Waals surface area contributed by atoms with Crippen LogP contribution in [0, 0.1) is 13.8 Å². The minimum Gasteiger partial charge on any atom is -0.245 e. The molecule has 2 aromatic rings. The van der Waals surface area contributed by atoms with Gasteiger partial charge in [0.05, 0.1) is 12.4 Å². The third-order valence-corrected chi connectivity index (χ3v) is 4.11. The highest BCUT2D eigenvalue weighted by Gasteiger charge is 1.96. The van der Waals surface area contributed by atoms with Crippen LogP contribution in [0.4, 0.5) is 4.79 Å². The second-order valence-electron chi connectivity index (χ2n) is 3.97. The number of carbonyl (C=O) groups excluding carboxylic acids is 1. The van der Waals surface area contributed by atoms with E-state index in [1.165, 1.54) is 9.75 Å². The topological polar surface area (TPSA) is 65.8 Å². The van der Waals surface area contributed by atoms with Crippen LogP contribution in [0.1, 0.15) is 19.5 Å². The van der Waals surface area contributed by atoms with E-state index in [1.54, 1.807) is 35.1 Å². The van der Waals surface area contributed by atoms with Crippen LogP contribution in [0.2, 0.25) is 0 Å². The van der Waals surface area contributed by atoms with E-state index in [9.17, 15) is 4.79 Å². The van der Waals surface area contributed by atoms with Gasteiger partial charge < -0.3 is 0 Å². The van der Waals surface area contributed by atoms with E-state index in [4.69, 9.17) is 0 Å². The Bertz CT molecular complexity index is 588. The summed E-state index contributed by atoms with van der Waals surface area (Å²) in [5.41, 5.74) is 4.70. The summed E-state index contributed by atoms with van der Waals surface area (Å²) in [6, 6.07) is 7.42. The molecule has 0 bridgehead atoms. The molecule has 0 fully saturated rings. The number of nitrogens with zero attached hydrogens (tertiary/aromatic N) is 2. The molecule has 0 unspecified atom stereocenters. The first-order chi connectivity index (χ1) is 9.63. The van der Waals surface area contributed by atoms with Gasteiger partial charge in [0.1, 0.15) is 0 Å². The molecule has 0 aliphatic carbocycles. The predicted octanol–water partition coefficient (Wildman–Crippen LogP) is 3.09. The van der Waals surface area contributed by atoms with Crippen LogP contribution in [0.5, 0.6) is 0 Å². The maximum absolute atomic E-state index is 11.4. The van der Waals surface area contributed by atoms with E-state index in [1.807, 2.05) is 38.1 Å². The van der Waals surface area contributed by atoms with Gasteiger partial charge in [-0.1, -0.05) is 0 Å². The van der Waals surface area contributed by atoms with Crippen LogP contribution in [0.25, 0.3) is 0 Å². The Balaban J connectivity index is 1.75. The molecule has 2 aromatic heterocycles. The third-order valence-electron chi connectivity index (χ3n) is 2.24. The summed E-state index contributed by atoms with van der Waals surface area (Å²) in [5, 5.41) is 7.67. The van der Waals surface area contributed by atoms with Crippen molar-refractivity contribution >= 4 is 41.1 Å². The Morgan fingerprint density at radius 1 is 0.950 bits per heavy atom. The molecule has 0 saturated heterocycles. The van der Waals surface area contributed by atoms with E-state index in [0.717, 1.165) is 9.75 Å². The molecule has 0 saturated carbocycles. The van der Waals surface area contributed by atoms with Crippen LogP contribution >= 0.6 is 22.7 Å². The van der Waals surface area contributed by atoms with Crippen molar-refractivity contribution in [3.8, 4) is 0 Å². The summed E-state index contributed by atoms with van der Waals surface area (Å²) in [4.78, 5) is 15.8. The number of hydrogen-bond donors (Lipinski definition) is 2. The van der Waals surface area contributed by atoms with E-state index in [-0.39, 0.29) is 0 Å². The number of carbonyl (C=O) groups is 1. The van der Waals surface area contributed by atoms with Gasteiger partial charge in [-0.3, -0.25) is 0 Å². The minimum absolute atomic E-state index is 0.473. The van der Waals surface area contributed by atoms with Crippen LogP contribution in [-0.2, 0) is 0 Å². The van der Waals surface area contributed by atoms with Gasteiger partial charge in [-0.05, 0) is 38.1 Å². The number of hydrazone groups is 2. The molecule has 5 nitrogen and oxygen atoms in total. The van der Waals surface area contributed by atoms with E-state index in [2.05, 4.69) is 21.1 Å². The standard InChI is InChI=1S/C13H14N4OS2/c1-9-3-5-11(19-9)7-14-16-13(18)17-15-8-12-6-4-10(2)20-12/h3-8H,1-2H3,(H2,16,17,18). The fraction of sp³-hybridized carbons (Fsp3) is 0.154. The molecule has 0 radical (unpaired) electrons. The lowest BCUT2D eigenvalue weighted by Gasteiger charge is -1.96. The smallest absolute Gasteiger partial charge is 0.245 e. The number of thiophene rings is 2. The van der Waals surface area contributed by atoms with Crippen molar-refractivity contribution in [3.05, 3.63) is 43.8 Å². The highest BCUT2D eigenvalue weighted by molar-refractivity contribution is 7.13. The SMILES string of the molecule is Cc1ccc(C=NNC(=O)NN=Cc2ccc(C)s2)s1. The number of nitrogens with one attached hydrogen (secondary N) is 2. The molecule has 0 aliphatic rings. The van der Waals surface area contributed by atoms with Crippen molar-refractivity contribution in [3.63, 3.8) is 0 Å². The highest BCUT2D eigenvalue weighted by atomic mass is 32.1. The molecule has 7 heteroatoms. The minimum atomic E-state index is -0.473. The Hall–Kier alpha value is -1.99. The molecule has 0 atom stereocenters. The first-order valence-electron chi connectivity index (χ1n) is 5.88. The van der Waals surface area contributed by atoms with Crippen molar-refractivity contribution in [2.45, 2.75) is 13.8 Å². The molecule has 0 aliphatic heterocycles. The molecule has 20 heavy (non-hydrogen) atoms. The van der Waals surface area contributed by atoms with Gasteiger partial charge in [0.15, 0.2) is 0 Å². The first-order valence-corrected chi connectivity index (χ1v) is 7.52. The Labute approximate surface area is 125 Å². The zero-order valence-corrected chi connectivity index (χ0v) is 12.7. The number of hydrogen-bond acceptors (Lipinski definition) is 5. The van der Waals surface area contributed by atoms with Crippen molar-refractivity contribution in [2.75, 3.05) is 0 Å². The van der Waals surface area contributed by atoms with Gasteiger partial charge in [0, 0.05) is 19.5 Å². The number of rotatable bonds is 4. The van der Waals surface area contributed by atoms with Crippen molar-refractivity contribution in [2.24, 2.45) is 10.2 Å². The zero-order valence-electron chi connectivity index (χ0n) is 11.1. The highest BCUT2D eigenvalue weighted by Crippen LogP contribution is 2.12. The molecule has 2 N–H and O–H groups in total. The van der Waals surface area contributed by atoms with Crippen LogP contribution in [0.15, 0.2) is 34.5 Å². The number of amides is 2. The van der Waals surface area contributed by atoms with Crippen molar-refractivity contribution in [1.29, 1.82) is 0 Å². The molecule has 2 heterocycles. The largest absolute Gasteiger partial charge is 0.355 e. The van der Waals surface area contributed by atoms with E-state index in [0.29, 0.717) is 0 Å². The molecule has 0 spiro atoms. The summed E-state index contributed by atoms with van der Waals surface area (Å²) in [7, 11) is 0. The summed E-state index contributed by atoms with van der Waals surface area (Å²) >= 11 is 3.22.